The van der Waals surface area contributed by atoms with Gasteiger partial charge in [0.2, 0.25) is 0 Å². The quantitative estimate of drug-likeness (QED) is 0.907. The molecular weight excluding hydrogens is 244 g/mol. The van der Waals surface area contributed by atoms with Crippen LogP contribution in [0.5, 0.6) is 11.8 Å². The smallest absolute Gasteiger partial charge is 0.335 e. The summed E-state index contributed by atoms with van der Waals surface area (Å²) >= 11 is 5.62. The van der Waals surface area contributed by atoms with Gasteiger partial charge in [-0.05, 0) is 24.3 Å². The molecule has 2 rings (SSSR count). The van der Waals surface area contributed by atoms with Gasteiger partial charge in [-0.3, -0.25) is 0 Å². The summed E-state index contributed by atoms with van der Waals surface area (Å²) in [6.45, 7) is 0. The minimum Gasteiger partial charge on any atom is -0.478 e. The molecule has 0 aliphatic rings. The van der Waals surface area contributed by atoms with E-state index in [2.05, 4.69) is 9.97 Å². The van der Waals surface area contributed by atoms with Crippen LogP contribution < -0.4 is 4.74 Å². The summed E-state index contributed by atoms with van der Waals surface area (Å²) in [4.78, 5) is 18.3. The number of ether oxygens (including phenoxy) is 1. The fraction of sp³-hybridized carbons (Fsp3) is 0. The van der Waals surface area contributed by atoms with Crippen LogP contribution in [0.1, 0.15) is 10.4 Å². The van der Waals surface area contributed by atoms with Crippen LogP contribution in [0.2, 0.25) is 5.02 Å². The van der Waals surface area contributed by atoms with Gasteiger partial charge in [0.15, 0.2) is 0 Å². The van der Waals surface area contributed by atoms with Crippen LogP contribution in [-0.4, -0.2) is 21.0 Å². The Morgan fingerprint density at radius 3 is 2.29 bits per heavy atom. The highest BCUT2D eigenvalue weighted by Crippen LogP contribution is 2.18. The Hall–Kier alpha value is -2.14. The highest BCUT2D eigenvalue weighted by atomic mass is 35.5. The number of halogens is 1. The lowest BCUT2D eigenvalue weighted by Gasteiger charge is -2.03. The number of nitrogens with zero attached hydrogens (tertiary/aromatic N) is 2. The van der Waals surface area contributed by atoms with E-state index in [9.17, 15) is 4.79 Å². The summed E-state index contributed by atoms with van der Waals surface area (Å²) in [7, 11) is 0. The number of benzene rings is 1. The van der Waals surface area contributed by atoms with Crippen molar-refractivity contribution >= 4 is 17.6 Å². The van der Waals surface area contributed by atoms with Crippen molar-refractivity contribution in [1.29, 1.82) is 0 Å². The summed E-state index contributed by atoms with van der Waals surface area (Å²) in [5.41, 5.74) is 0.189. The molecule has 0 spiro atoms. The number of carbonyl (C=O) groups is 1. The summed E-state index contributed by atoms with van der Waals surface area (Å²) in [5.74, 6) is -0.531. The van der Waals surface area contributed by atoms with Gasteiger partial charge in [-0.1, -0.05) is 11.6 Å². The summed E-state index contributed by atoms with van der Waals surface area (Å²) in [6, 6.07) is 6.08. The first kappa shape index (κ1) is 11.3. The maximum Gasteiger partial charge on any atom is 0.335 e. The lowest BCUT2D eigenvalue weighted by Crippen LogP contribution is -1.96. The molecule has 1 heterocycles. The Morgan fingerprint density at radius 2 is 1.76 bits per heavy atom. The number of aromatic carboxylic acids is 1. The zero-order valence-corrected chi connectivity index (χ0v) is 9.26. The lowest BCUT2D eigenvalue weighted by molar-refractivity contribution is 0.0697. The number of hydrogen-bond acceptors (Lipinski definition) is 4. The molecular formula is C11H7ClN2O3. The van der Waals surface area contributed by atoms with E-state index in [-0.39, 0.29) is 11.6 Å². The normalized spacial score (nSPS) is 9.94. The highest BCUT2D eigenvalue weighted by molar-refractivity contribution is 6.30. The summed E-state index contributed by atoms with van der Waals surface area (Å²) in [5, 5.41) is 9.13. The van der Waals surface area contributed by atoms with Gasteiger partial charge >= 0.3 is 12.0 Å². The Morgan fingerprint density at radius 1 is 1.18 bits per heavy atom. The van der Waals surface area contributed by atoms with E-state index in [1.165, 1.54) is 36.7 Å². The van der Waals surface area contributed by atoms with Crippen molar-refractivity contribution in [2.24, 2.45) is 0 Å². The van der Waals surface area contributed by atoms with Crippen molar-refractivity contribution in [1.82, 2.24) is 9.97 Å². The molecule has 0 aliphatic heterocycles. The first-order valence-corrected chi connectivity index (χ1v) is 5.02. The number of carboxylic acids is 1. The van der Waals surface area contributed by atoms with Crippen LogP contribution in [0.4, 0.5) is 0 Å². The molecule has 0 bridgehead atoms. The molecule has 6 heteroatoms. The molecule has 0 aliphatic carbocycles. The monoisotopic (exact) mass is 250 g/mol. The van der Waals surface area contributed by atoms with Gasteiger partial charge in [-0.15, -0.1) is 0 Å². The fourth-order valence-corrected chi connectivity index (χ4v) is 1.22. The molecule has 0 fully saturated rings. The molecule has 17 heavy (non-hydrogen) atoms. The minimum absolute atomic E-state index is 0.150. The second kappa shape index (κ2) is 4.80. The van der Waals surface area contributed by atoms with E-state index in [1.807, 2.05) is 0 Å². The van der Waals surface area contributed by atoms with Crippen LogP contribution in [0.25, 0.3) is 0 Å². The topological polar surface area (TPSA) is 72.3 Å². The molecule has 5 nitrogen and oxygen atoms in total. The molecule has 2 aromatic rings. The van der Waals surface area contributed by atoms with Gasteiger partial charge in [-0.25, -0.2) is 14.8 Å². The Kier molecular flexibility index (Phi) is 3.20. The zero-order valence-electron chi connectivity index (χ0n) is 8.50. The molecule has 1 N–H and O–H groups in total. The number of carboxylic acid groups (broad SMARTS) is 1. The third-order valence-corrected chi connectivity index (χ3v) is 2.10. The highest BCUT2D eigenvalue weighted by Gasteiger charge is 2.04. The van der Waals surface area contributed by atoms with Crippen molar-refractivity contribution in [2.75, 3.05) is 0 Å². The van der Waals surface area contributed by atoms with E-state index in [4.69, 9.17) is 21.4 Å². The standard InChI is InChI=1S/C11H7ClN2O3/c12-8-5-13-11(14-6-8)17-9-3-1-7(2-4-9)10(15)16/h1-6H,(H,15,16). The Balaban J connectivity index is 2.13. The van der Waals surface area contributed by atoms with Crippen LogP contribution in [0.15, 0.2) is 36.7 Å². The molecule has 0 unspecified atom stereocenters. The minimum atomic E-state index is -0.987. The summed E-state index contributed by atoms with van der Waals surface area (Å²) < 4.78 is 5.29. The van der Waals surface area contributed by atoms with E-state index in [0.29, 0.717) is 10.8 Å². The Bertz CT molecular complexity index is 525. The number of aromatic nitrogens is 2. The van der Waals surface area contributed by atoms with Crippen LogP contribution in [-0.2, 0) is 0 Å². The second-order valence-corrected chi connectivity index (χ2v) is 3.55. The van der Waals surface area contributed by atoms with Gasteiger partial charge in [0, 0.05) is 0 Å². The maximum absolute atomic E-state index is 10.6. The van der Waals surface area contributed by atoms with E-state index in [0.717, 1.165) is 0 Å². The maximum atomic E-state index is 10.6. The van der Waals surface area contributed by atoms with E-state index >= 15 is 0 Å². The molecule has 0 radical (unpaired) electrons. The first-order chi connectivity index (χ1) is 8.15. The molecule has 1 aromatic heterocycles. The molecule has 86 valence electrons. The number of rotatable bonds is 3. The van der Waals surface area contributed by atoms with E-state index in [1.54, 1.807) is 0 Å². The lowest BCUT2D eigenvalue weighted by atomic mass is 10.2. The average Bonchev–Trinajstić information content (AvgIpc) is 2.33. The Labute approximate surface area is 102 Å². The van der Waals surface area contributed by atoms with Gasteiger partial charge in [-0.2, -0.15) is 0 Å². The van der Waals surface area contributed by atoms with Crippen LogP contribution in [0.3, 0.4) is 0 Å². The molecule has 0 amide bonds. The van der Waals surface area contributed by atoms with Crippen LogP contribution in [0, 0.1) is 0 Å². The van der Waals surface area contributed by atoms with E-state index < -0.39 is 5.97 Å². The molecule has 1 aromatic carbocycles. The van der Waals surface area contributed by atoms with Crippen molar-refractivity contribution < 1.29 is 14.6 Å². The fourth-order valence-electron chi connectivity index (χ4n) is 1.12. The molecule has 0 saturated heterocycles. The average molecular weight is 251 g/mol. The van der Waals surface area contributed by atoms with Crippen molar-refractivity contribution in [3.05, 3.63) is 47.2 Å². The zero-order chi connectivity index (χ0) is 12.3. The van der Waals surface area contributed by atoms with Gasteiger partial charge in [0.25, 0.3) is 0 Å². The molecule has 0 saturated carbocycles. The SMILES string of the molecule is O=C(O)c1ccc(Oc2ncc(Cl)cn2)cc1. The third-order valence-electron chi connectivity index (χ3n) is 1.91. The second-order valence-electron chi connectivity index (χ2n) is 3.12. The molecule has 0 atom stereocenters. The largest absolute Gasteiger partial charge is 0.478 e. The summed E-state index contributed by atoms with van der Waals surface area (Å²) in [6.07, 6.45) is 2.82. The predicted octanol–water partition coefficient (Wildman–Crippen LogP) is 2.62. The van der Waals surface area contributed by atoms with Crippen molar-refractivity contribution in [3.63, 3.8) is 0 Å². The van der Waals surface area contributed by atoms with Crippen LogP contribution >= 0.6 is 11.6 Å². The first-order valence-electron chi connectivity index (χ1n) is 4.64. The van der Waals surface area contributed by atoms with Gasteiger partial charge in [0.1, 0.15) is 5.75 Å². The third kappa shape index (κ3) is 2.92. The predicted molar refractivity (Wildman–Crippen MR) is 60.5 cm³/mol. The van der Waals surface area contributed by atoms with Gasteiger partial charge < -0.3 is 9.84 Å². The van der Waals surface area contributed by atoms with Gasteiger partial charge in [0.05, 0.1) is 23.0 Å². The van der Waals surface area contributed by atoms with Crippen molar-refractivity contribution in [2.45, 2.75) is 0 Å². The van der Waals surface area contributed by atoms with Crippen molar-refractivity contribution in [3.8, 4) is 11.8 Å². The number of hydrogen-bond donors (Lipinski definition) is 1.